The quantitative estimate of drug-likeness (QED) is 0.842. The maximum atomic E-state index is 12.2. The number of likely N-dealkylation sites (N-methyl/N-ethyl adjacent to an activating group) is 1. The molecule has 0 spiro atoms. The first-order valence-corrected chi connectivity index (χ1v) is 8.50. The zero-order chi connectivity index (χ0) is 17.6. The Bertz CT molecular complexity index is 716. The van der Waals surface area contributed by atoms with Gasteiger partial charge in [-0.15, -0.1) is 0 Å². The summed E-state index contributed by atoms with van der Waals surface area (Å²) in [5, 5.41) is 3.05. The Kier molecular flexibility index (Phi) is 5.56. The average molecular weight is 340 g/mol. The number of benzene rings is 2. The van der Waals surface area contributed by atoms with Crippen molar-refractivity contribution in [3.05, 3.63) is 59.7 Å². The van der Waals surface area contributed by atoms with Crippen molar-refractivity contribution in [1.82, 2.24) is 10.2 Å². The van der Waals surface area contributed by atoms with Gasteiger partial charge in [0.05, 0.1) is 6.04 Å². The average Bonchev–Trinajstić information content (AvgIpc) is 3.08. The maximum absolute atomic E-state index is 12.2. The van der Waals surface area contributed by atoms with Crippen molar-refractivity contribution in [2.24, 2.45) is 0 Å². The molecule has 1 heterocycles. The molecule has 2 aromatic carbocycles. The van der Waals surface area contributed by atoms with Crippen LogP contribution in [0.2, 0.25) is 0 Å². The molecule has 0 radical (unpaired) electrons. The zero-order valence-electron chi connectivity index (χ0n) is 14.7. The summed E-state index contributed by atoms with van der Waals surface area (Å²) in [7, 11) is 4.01. The Labute approximate surface area is 148 Å². The number of aryl methyl sites for hydroxylation is 1. The fraction of sp³-hybridized carbons (Fsp3) is 0.350. The van der Waals surface area contributed by atoms with E-state index in [1.54, 1.807) is 0 Å². The van der Waals surface area contributed by atoms with Crippen molar-refractivity contribution >= 4 is 5.91 Å². The Morgan fingerprint density at radius 1 is 1.12 bits per heavy atom. The largest absolute Gasteiger partial charge is 0.454 e. The van der Waals surface area contributed by atoms with Gasteiger partial charge in [0.2, 0.25) is 12.7 Å². The lowest BCUT2D eigenvalue weighted by atomic mass is 10.0. The van der Waals surface area contributed by atoms with Gasteiger partial charge < -0.3 is 19.7 Å². The summed E-state index contributed by atoms with van der Waals surface area (Å²) in [6.45, 7) is 0.821. The summed E-state index contributed by atoms with van der Waals surface area (Å²) >= 11 is 0. The predicted molar refractivity (Wildman–Crippen MR) is 96.8 cm³/mol. The molecule has 0 aromatic heterocycles. The molecule has 3 rings (SSSR count). The molecule has 0 saturated heterocycles. The van der Waals surface area contributed by atoms with E-state index in [0.29, 0.717) is 13.0 Å². The van der Waals surface area contributed by atoms with Crippen LogP contribution in [0.15, 0.2) is 48.5 Å². The summed E-state index contributed by atoms with van der Waals surface area (Å²) in [4.78, 5) is 14.3. The standard InChI is InChI=1S/C20H24N2O3/c1-22(2)17(16-9-10-18-19(12-16)25-14-24-18)13-21-20(23)11-8-15-6-4-3-5-7-15/h3-7,9-10,12,17H,8,11,13-14H2,1-2H3,(H,21,23)/t17-/m0/s1. The minimum atomic E-state index is 0.0662. The van der Waals surface area contributed by atoms with Crippen LogP contribution in [0.3, 0.4) is 0 Å². The van der Waals surface area contributed by atoms with Crippen LogP contribution in [0.25, 0.3) is 0 Å². The van der Waals surface area contributed by atoms with Crippen molar-refractivity contribution in [2.45, 2.75) is 18.9 Å². The maximum Gasteiger partial charge on any atom is 0.231 e. The first kappa shape index (κ1) is 17.3. The van der Waals surface area contributed by atoms with E-state index in [1.807, 2.05) is 62.6 Å². The van der Waals surface area contributed by atoms with Crippen LogP contribution in [-0.4, -0.2) is 38.2 Å². The predicted octanol–water partition coefficient (Wildman–Crippen LogP) is 2.77. The first-order chi connectivity index (χ1) is 12.1. The number of rotatable bonds is 7. The highest BCUT2D eigenvalue weighted by Crippen LogP contribution is 2.34. The van der Waals surface area contributed by atoms with Crippen LogP contribution >= 0.6 is 0 Å². The van der Waals surface area contributed by atoms with Crippen molar-refractivity contribution in [1.29, 1.82) is 0 Å². The first-order valence-electron chi connectivity index (χ1n) is 8.50. The van der Waals surface area contributed by atoms with Gasteiger partial charge >= 0.3 is 0 Å². The van der Waals surface area contributed by atoms with E-state index < -0.39 is 0 Å². The number of ether oxygens (including phenoxy) is 2. The fourth-order valence-electron chi connectivity index (χ4n) is 2.92. The van der Waals surface area contributed by atoms with Gasteiger partial charge in [-0.2, -0.15) is 0 Å². The van der Waals surface area contributed by atoms with Crippen molar-refractivity contribution in [2.75, 3.05) is 27.4 Å². The topological polar surface area (TPSA) is 50.8 Å². The van der Waals surface area contributed by atoms with Gasteiger partial charge in [-0.05, 0) is 43.8 Å². The van der Waals surface area contributed by atoms with Gasteiger partial charge in [0.1, 0.15) is 0 Å². The lowest BCUT2D eigenvalue weighted by Gasteiger charge is -2.25. The molecule has 1 aliphatic rings. The molecular weight excluding hydrogens is 316 g/mol. The molecule has 2 aromatic rings. The SMILES string of the molecule is CN(C)[C@@H](CNC(=O)CCc1ccccc1)c1ccc2c(c1)OCO2. The highest BCUT2D eigenvalue weighted by Gasteiger charge is 2.20. The molecule has 0 bridgehead atoms. The molecule has 1 N–H and O–H groups in total. The van der Waals surface area contributed by atoms with E-state index in [4.69, 9.17) is 9.47 Å². The molecular formula is C20H24N2O3. The van der Waals surface area contributed by atoms with Gasteiger partial charge in [0, 0.05) is 13.0 Å². The summed E-state index contributed by atoms with van der Waals surface area (Å²) < 4.78 is 10.8. The molecule has 5 heteroatoms. The normalized spacial score (nSPS) is 13.7. The molecule has 0 aliphatic carbocycles. The zero-order valence-corrected chi connectivity index (χ0v) is 14.7. The number of fused-ring (bicyclic) bond motifs is 1. The highest BCUT2D eigenvalue weighted by molar-refractivity contribution is 5.76. The van der Waals surface area contributed by atoms with E-state index >= 15 is 0 Å². The number of amides is 1. The number of hydrogen-bond donors (Lipinski definition) is 1. The summed E-state index contributed by atoms with van der Waals surface area (Å²) in [5.74, 6) is 1.60. The van der Waals surface area contributed by atoms with E-state index in [9.17, 15) is 4.79 Å². The minimum absolute atomic E-state index is 0.0662. The molecule has 1 amide bonds. The number of hydrogen-bond acceptors (Lipinski definition) is 4. The van der Waals surface area contributed by atoms with Crippen molar-refractivity contribution < 1.29 is 14.3 Å². The number of carbonyl (C=O) groups excluding carboxylic acids is 1. The Balaban J connectivity index is 1.56. The van der Waals surface area contributed by atoms with Crippen LogP contribution in [0, 0.1) is 0 Å². The van der Waals surface area contributed by atoms with E-state index in [0.717, 1.165) is 23.5 Å². The summed E-state index contributed by atoms with van der Waals surface area (Å²) in [6, 6.07) is 16.1. The highest BCUT2D eigenvalue weighted by atomic mass is 16.7. The number of nitrogens with zero attached hydrogens (tertiary/aromatic N) is 1. The number of nitrogens with one attached hydrogen (secondary N) is 1. The third-order valence-corrected chi connectivity index (χ3v) is 4.38. The van der Waals surface area contributed by atoms with Crippen LogP contribution in [0.1, 0.15) is 23.6 Å². The smallest absolute Gasteiger partial charge is 0.231 e. The number of carbonyl (C=O) groups is 1. The molecule has 0 fully saturated rings. The van der Waals surface area contributed by atoms with Crippen molar-refractivity contribution in [3.63, 3.8) is 0 Å². The van der Waals surface area contributed by atoms with Crippen LogP contribution < -0.4 is 14.8 Å². The Morgan fingerprint density at radius 2 is 1.88 bits per heavy atom. The van der Waals surface area contributed by atoms with Gasteiger partial charge in [-0.3, -0.25) is 4.79 Å². The Morgan fingerprint density at radius 3 is 2.64 bits per heavy atom. The summed E-state index contributed by atoms with van der Waals surface area (Å²) in [5.41, 5.74) is 2.27. The monoisotopic (exact) mass is 340 g/mol. The summed E-state index contributed by atoms with van der Waals surface area (Å²) in [6.07, 6.45) is 1.24. The molecule has 25 heavy (non-hydrogen) atoms. The molecule has 0 saturated carbocycles. The lowest BCUT2D eigenvalue weighted by molar-refractivity contribution is -0.121. The second kappa shape index (κ2) is 8.03. The molecule has 5 nitrogen and oxygen atoms in total. The lowest BCUT2D eigenvalue weighted by Crippen LogP contribution is -2.34. The third kappa shape index (κ3) is 4.51. The van der Waals surface area contributed by atoms with Gasteiger partial charge in [0.15, 0.2) is 11.5 Å². The fourth-order valence-corrected chi connectivity index (χ4v) is 2.92. The van der Waals surface area contributed by atoms with E-state index in [-0.39, 0.29) is 18.7 Å². The molecule has 1 aliphatic heterocycles. The molecule has 132 valence electrons. The van der Waals surface area contributed by atoms with Gasteiger partial charge in [-0.1, -0.05) is 36.4 Å². The second-order valence-corrected chi connectivity index (χ2v) is 6.38. The van der Waals surface area contributed by atoms with Crippen LogP contribution in [-0.2, 0) is 11.2 Å². The van der Waals surface area contributed by atoms with E-state index in [1.165, 1.54) is 5.56 Å². The minimum Gasteiger partial charge on any atom is -0.454 e. The van der Waals surface area contributed by atoms with Crippen molar-refractivity contribution in [3.8, 4) is 11.5 Å². The second-order valence-electron chi connectivity index (χ2n) is 6.38. The van der Waals surface area contributed by atoms with Gasteiger partial charge in [0.25, 0.3) is 0 Å². The van der Waals surface area contributed by atoms with Crippen LogP contribution in [0.5, 0.6) is 11.5 Å². The van der Waals surface area contributed by atoms with Crippen LogP contribution in [0.4, 0.5) is 0 Å². The molecule has 1 atom stereocenters. The molecule has 0 unspecified atom stereocenters. The Hall–Kier alpha value is -2.53. The third-order valence-electron chi connectivity index (χ3n) is 4.38. The van der Waals surface area contributed by atoms with Gasteiger partial charge in [-0.25, -0.2) is 0 Å². The van der Waals surface area contributed by atoms with E-state index in [2.05, 4.69) is 10.2 Å².